The molecule has 1 aromatic heterocycles. The van der Waals surface area contributed by atoms with Gasteiger partial charge in [0.15, 0.2) is 11.7 Å². The summed E-state index contributed by atoms with van der Waals surface area (Å²) in [4.78, 5) is 4.31. The van der Waals surface area contributed by atoms with Gasteiger partial charge in [-0.15, -0.1) is 0 Å². The number of rotatable bonds is 5. The minimum absolute atomic E-state index is 0.803. The Labute approximate surface area is 116 Å². The van der Waals surface area contributed by atoms with Crippen LogP contribution in [0.15, 0.2) is 33.3 Å². The molecule has 0 fully saturated rings. The van der Waals surface area contributed by atoms with Crippen LogP contribution in [-0.2, 0) is 6.42 Å². The maximum absolute atomic E-state index is 5.75. The van der Waals surface area contributed by atoms with Gasteiger partial charge in [0, 0.05) is 16.5 Å². The Kier molecular flexibility index (Phi) is 4.55. The van der Waals surface area contributed by atoms with Crippen LogP contribution in [0.4, 0.5) is 0 Å². The first-order chi connectivity index (χ1) is 8.70. The third-order valence-corrected chi connectivity index (χ3v) is 3.68. The average molecular weight is 309 g/mol. The summed E-state index contributed by atoms with van der Waals surface area (Å²) in [7, 11) is 1.95. The fourth-order valence-corrected chi connectivity index (χ4v) is 2.10. The zero-order valence-electron chi connectivity index (χ0n) is 10.7. The molecule has 0 aliphatic rings. The molecule has 0 atom stereocenters. The molecule has 0 saturated heterocycles. The molecule has 1 aromatic carbocycles. The van der Waals surface area contributed by atoms with Crippen molar-refractivity contribution in [1.82, 2.24) is 10.3 Å². The van der Waals surface area contributed by atoms with E-state index in [2.05, 4.69) is 51.4 Å². The second-order valence-electron chi connectivity index (χ2n) is 4.29. The van der Waals surface area contributed by atoms with Gasteiger partial charge in [0.1, 0.15) is 0 Å². The highest BCUT2D eigenvalue weighted by Gasteiger charge is 2.07. The van der Waals surface area contributed by atoms with Crippen LogP contribution in [0.3, 0.4) is 0 Å². The van der Waals surface area contributed by atoms with Gasteiger partial charge >= 0.3 is 0 Å². The summed E-state index contributed by atoms with van der Waals surface area (Å²) in [6.07, 6.45) is 3.70. The van der Waals surface area contributed by atoms with Crippen molar-refractivity contribution < 1.29 is 4.42 Å². The lowest BCUT2D eigenvalue weighted by atomic mass is 10.1. The van der Waals surface area contributed by atoms with Crippen LogP contribution in [-0.4, -0.2) is 18.6 Å². The van der Waals surface area contributed by atoms with Crippen molar-refractivity contribution in [3.8, 4) is 11.3 Å². The van der Waals surface area contributed by atoms with Crippen molar-refractivity contribution in [2.45, 2.75) is 19.8 Å². The van der Waals surface area contributed by atoms with Gasteiger partial charge < -0.3 is 9.73 Å². The number of nitrogens with zero attached hydrogens (tertiary/aromatic N) is 1. The minimum atomic E-state index is 0.803. The summed E-state index contributed by atoms with van der Waals surface area (Å²) in [6, 6.07) is 6.19. The molecule has 18 heavy (non-hydrogen) atoms. The molecule has 0 spiro atoms. The first-order valence-corrected chi connectivity index (χ1v) is 6.86. The Morgan fingerprint density at radius 1 is 1.39 bits per heavy atom. The van der Waals surface area contributed by atoms with E-state index in [4.69, 9.17) is 4.42 Å². The molecule has 0 bridgehead atoms. The monoisotopic (exact) mass is 308 g/mol. The second kappa shape index (κ2) is 6.16. The van der Waals surface area contributed by atoms with Crippen molar-refractivity contribution in [3.05, 3.63) is 40.3 Å². The van der Waals surface area contributed by atoms with Gasteiger partial charge in [0.25, 0.3) is 0 Å². The fourth-order valence-electron chi connectivity index (χ4n) is 1.72. The standard InChI is InChI=1S/C14H17BrN2O/c1-10-5-6-11(8-12(10)15)13-9-17-14(18-13)4-3-7-16-2/h5-6,8-9,16H,3-4,7H2,1-2H3. The van der Waals surface area contributed by atoms with E-state index < -0.39 is 0 Å². The molecule has 96 valence electrons. The van der Waals surface area contributed by atoms with Crippen LogP contribution in [0.5, 0.6) is 0 Å². The molecule has 1 heterocycles. The lowest BCUT2D eigenvalue weighted by Crippen LogP contribution is -2.08. The van der Waals surface area contributed by atoms with Gasteiger partial charge in [-0.05, 0) is 38.6 Å². The van der Waals surface area contributed by atoms with Gasteiger partial charge in [-0.2, -0.15) is 0 Å². The predicted octanol–water partition coefficient (Wildman–Crippen LogP) is 3.56. The molecule has 2 rings (SSSR count). The van der Waals surface area contributed by atoms with E-state index in [9.17, 15) is 0 Å². The quantitative estimate of drug-likeness (QED) is 0.858. The number of nitrogens with one attached hydrogen (secondary N) is 1. The summed E-state index contributed by atoms with van der Waals surface area (Å²) in [5.74, 6) is 1.63. The lowest BCUT2D eigenvalue weighted by Gasteiger charge is -2.00. The Hall–Kier alpha value is -1.13. The van der Waals surface area contributed by atoms with Crippen molar-refractivity contribution in [1.29, 1.82) is 0 Å². The van der Waals surface area contributed by atoms with Gasteiger partial charge in [-0.3, -0.25) is 0 Å². The zero-order chi connectivity index (χ0) is 13.0. The molecule has 3 nitrogen and oxygen atoms in total. The van der Waals surface area contributed by atoms with Crippen LogP contribution < -0.4 is 5.32 Å². The number of aryl methyl sites for hydroxylation is 2. The third kappa shape index (κ3) is 3.21. The van der Waals surface area contributed by atoms with E-state index in [1.807, 2.05) is 7.05 Å². The molecule has 0 aliphatic heterocycles. The average Bonchev–Trinajstić information content (AvgIpc) is 2.82. The third-order valence-electron chi connectivity index (χ3n) is 2.83. The summed E-state index contributed by atoms with van der Waals surface area (Å²) in [6.45, 7) is 3.05. The van der Waals surface area contributed by atoms with Crippen molar-refractivity contribution in [3.63, 3.8) is 0 Å². The second-order valence-corrected chi connectivity index (χ2v) is 5.14. The van der Waals surface area contributed by atoms with E-state index in [-0.39, 0.29) is 0 Å². The van der Waals surface area contributed by atoms with E-state index in [0.717, 1.165) is 41.1 Å². The van der Waals surface area contributed by atoms with E-state index in [1.54, 1.807) is 6.20 Å². The molecular formula is C14H17BrN2O. The van der Waals surface area contributed by atoms with Gasteiger partial charge in [0.2, 0.25) is 0 Å². The number of oxazole rings is 1. The lowest BCUT2D eigenvalue weighted by molar-refractivity contribution is 0.495. The van der Waals surface area contributed by atoms with E-state index in [1.165, 1.54) is 5.56 Å². The largest absolute Gasteiger partial charge is 0.441 e. The summed E-state index contributed by atoms with van der Waals surface area (Å²) < 4.78 is 6.84. The van der Waals surface area contributed by atoms with Gasteiger partial charge in [-0.25, -0.2) is 4.98 Å². The molecule has 0 unspecified atom stereocenters. The fraction of sp³-hybridized carbons (Fsp3) is 0.357. The van der Waals surface area contributed by atoms with Gasteiger partial charge in [-0.1, -0.05) is 28.1 Å². The van der Waals surface area contributed by atoms with E-state index >= 15 is 0 Å². The summed E-state index contributed by atoms with van der Waals surface area (Å²) in [5.41, 5.74) is 2.27. The Balaban J connectivity index is 2.11. The highest BCUT2D eigenvalue weighted by molar-refractivity contribution is 9.10. The maximum atomic E-state index is 5.75. The highest BCUT2D eigenvalue weighted by atomic mass is 79.9. The van der Waals surface area contributed by atoms with Crippen LogP contribution in [0.1, 0.15) is 17.9 Å². The Morgan fingerprint density at radius 3 is 2.94 bits per heavy atom. The first-order valence-electron chi connectivity index (χ1n) is 6.06. The van der Waals surface area contributed by atoms with Crippen molar-refractivity contribution in [2.75, 3.05) is 13.6 Å². The Morgan fingerprint density at radius 2 is 2.22 bits per heavy atom. The summed E-state index contributed by atoms with van der Waals surface area (Å²) >= 11 is 3.53. The van der Waals surface area contributed by atoms with Crippen LogP contribution >= 0.6 is 15.9 Å². The number of hydrogen-bond donors (Lipinski definition) is 1. The minimum Gasteiger partial charge on any atom is -0.441 e. The number of halogens is 1. The van der Waals surface area contributed by atoms with Crippen molar-refractivity contribution in [2.24, 2.45) is 0 Å². The molecule has 4 heteroatoms. The van der Waals surface area contributed by atoms with E-state index in [0.29, 0.717) is 0 Å². The van der Waals surface area contributed by atoms with Crippen LogP contribution in [0.25, 0.3) is 11.3 Å². The van der Waals surface area contributed by atoms with Crippen LogP contribution in [0.2, 0.25) is 0 Å². The SMILES string of the molecule is CNCCCc1ncc(-c2ccc(C)c(Br)c2)o1. The first kappa shape index (κ1) is 13.3. The maximum Gasteiger partial charge on any atom is 0.194 e. The predicted molar refractivity (Wildman–Crippen MR) is 76.6 cm³/mol. The number of hydrogen-bond acceptors (Lipinski definition) is 3. The van der Waals surface area contributed by atoms with Gasteiger partial charge in [0.05, 0.1) is 6.20 Å². The van der Waals surface area contributed by atoms with Crippen molar-refractivity contribution >= 4 is 15.9 Å². The van der Waals surface area contributed by atoms with Crippen LogP contribution in [0, 0.1) is 6.92 Å². The molecule has 0 aliphatic carbocycles. The highest BCUT2D eigenvalue weighted by Crippen LogP contribution is 2.26. The summed E-state index contributed by atoms with van der Waals surface area (Å²) in [5, 5.41) is 3.11. The zero-order valence-corrected chi connectivity index (χ0v) is 12.3. The molecule has 2 aromatic rings. The number of aromatic nitrogens is 1. The molecule has 1 N–H and O–H groups in total. The smallest absolute Gasteiger partial charge is 0.194 e. The number of benzene rings is 1. The molecule has 0 amide bonds. The topological polar surface area (TPSA) is 38.1 Å². The Bertz CT molecular complexity index is 522. The normalized spacial score (nSPS) is 10.8. The molecule has 0 radical (unpaired) electrons. The molecule has 0 saturated carbocycles. The molecular weight excluding hydrogens is 292 g/mol.